The number of nitrogens with zero attached hydrogens (tertiary/aromatic N) is 3. The van der Waals surface area contributed by atoms with Gasteiger partial charge in [-0.1, -0.05) is 13.8 Å². The Hall–Kier alpha value is -0.610. The van der Waals surface area contributed by atoms with Gasteiger partial charge in [0.2, 0.25) is 5.91 Å². The maximum Gasteiger partial charge on any atom is 0.243 e. The molecule has 0 radical (unpaired) electrons. The van der Waals surface area contributed by atoms with Crippen molar-refractivity contribution in [2.24, 2.45) is 10.9 Å². The molecule has 0 aromatic carbocycles. The lowest BCUT2D eigenvalue weighted by Gasteiger charge is -2.41. The van der Waals surface area contributed by atoms with E-state index in [9.17, 15) is 4.79 Å². The molecular weight excluding hydrogens is 433 g/mol. The van der Waals surface area contributed by atoms with Crippen LogP contribution in [0.3, 0.4) is 0 Å². The van der Waals surface area contributed by atoms with Crippen LogP contribution in [0, 0.1) is 5.92 Å². The fourth-order valence-electron chi connectivity index (χ4n) is 2.34. The molecule has 8 heteroatoms. The Kier molecular flexibility index (Phi) is 11.6. The van der Waals surface area contributed by atoms with E-state index in [2.05, 4.69) is 48.2 Å². The SMILES string of the molecule is CC(C)CNC(=NCC(=O)N(C)C)NCC(C)(C)N1CCOCC1.I. The Labute approximate surface area is 170 Å². The van der Waals surface area contributed by atoms with Gasteiger partial charge in [-0.15, -0.1) is 24.0 Å². The summed E-state index contributed by atoms with van der Waals surface area (Å²) in [7, 11) is 3.49. The molecular formula is C17H36IN5O2. The second-order valence-electron chi connectivity index (χ2n) is 7.49. The number of guanidine groups is 1. The summed E-state index contributed by atoms with van der Waals surface area (Å²) in [6.07, 6.45) is 0. The van der Waals surface area contributed by atoms with Gasteiger partial charge in [0, 0.05) is 45.8 Å². The van der Waals surface area contributed by atoms with Crippen LogP contribution in [0.15, 0.2) is 4.99 Å². The van der Waals surface area contributed by atoms with Crippen molar-refractivity contribution >= 4 is 35.8 Å². The molecule has 1 aliphatic rings. The standard InChI is InChI=1S/C17H35N5O2.HI/c1-14(2)11-18-16(19-12-15(23)21(5)6)20-13-17(3,4)22-7-9-24-10-8-22;/h14H,7-13H2,1-6H3,(H2,18,19,20);1H. The molecule has 0 aromatic heterocycles. The number of morpholine rings is 1. The van der Waals surface area contributed by atoms with Crippen LogP contribution >= 0.6 is 24.0 Å². The van der Waals surface area contributed by atoms with E-state index >= 15 is 0 Å². The third kappa shape index (κ3) is 9.60. The van der Waals surface area contributed by atoms with Crippen LogP contribution in [0.1, 0.15) is 27.7 Å². The van der Waals surface area contributed by atoms with Gasteiger partial charge in [-0.2, -0.15) is 0 Å². The molecule has 0 aromatic rings. The molecule has 25 heavy (non-hydrogen) atoms. The molecule has 1 rings (SSSR count). The number of halogens is 1. The van der Waals surface area contributed by atoms with Crippen molar-refractivity contribution < 1.29 is 9.53 Å². The topological polar surface area (TPSA) is 69.2 Å². The Balaban J connectivity index is 0.00000576. The van der Waals surface area contributed by atoms with Crippen LogP contribution in [-0.2, 0) is 9.53 Å². The number of carbonyl (C=O) groups is 1. The van der Waals surface area contributed by atoms with Crippen LogP contribution in [0.2, 0.25) is 0 Å². The maximum absolute atomic E-state index is 11.8. The average molecular weight is 469 g/mol. The van der Waals surface area contributed by atoms with Crippen molar-refractivity contribution in [3.05, 3.63) is 0 Å². The fourth-order valence-corrected chi connectivity index (χ4v) is 2.34. The monoisotopic (exact) mass is 469 g/mol. The van der Waals surface area contributed by atoms with Crippen LogP contribution in [0.5, 0.6) is 0 Å². The normalized spacial score (nSPS) is 16.4. The molecule has 0 saturated carbocycles. The first-order valence-electron chi connectivity index (χ1n) is 8.77. The molecule has 0 aliphatic carbocycles. The van der Waals surface area contributed by atoms with Gasteiger partial charge in [0.05, 0.1) is 13.2 Å². The molecule has 148 valence electrons. The van der Waals surface area contributed by atoms with E-state index in [-0.39, 0.29) is 42.0 Å². The van der Waals surface area contributed by atoms with Gasteiger partial charge < -0.3 is 20.3 Å². The van der Waals surface area contributed by atoms with Crippen molar-refractivity contribution in [1.82, 2.24) is 20.4 Å². The van der Waals surface area contributed by atoms with Crippen LogP contribution in [0.25, 0.3) is 0 Å². The third-order valence-corrected chi connectivity index (χ3v) is 4.10. The Bertz CT molecular complexity index is 421. The molecule has 0 unspecified atom stereocenters. The smallest absolute Gasteiger partial charge is 0.243 e. The van der Waals surface area contributed by atoms with Gasteiger partial charge in [0.25, 0.3) is 0 Å². The first-order chi connectivity index (χ1) is 11.2. The van der Waals surface area contributed by atoms with Crippen LogP contribution in [0.4, 0.5) is 0 Å². The number of hydrogen-bond donors (Lipinski definition) is 2. The number of carbonyl (C=O) groups excluding carboxylic acids is 1. The van der Waals surface area contributed by atoms with E-state index in [1.807, 2.05) is 0 Å². The number of amides is 1. The molecule has 1 heterocycles. The highest BCUT2D eigenvalue weighted by molar-refractivity contribution is 14.0. The number of likely N-dealkylation sites (N-methyl/N-ethyl adjacent to an activating group) is 1. The molecule has 0 bridgehead atoms. The summed E-state index contributed by atoms with van der Waals surface area (Å²) in [6.45, 7) is 13.9. The van der Waals surface area contributed by atoms with Crippen molar-refractivity contribution in [2.75, 3.05) is 60.0 Å². The lowest BCUT2D eigenvalue weighted by Crippen LogP contribution is -2.56. The lowest BCUT2D eigenvalue weighted by atomic mass is 10.0. The minimum absolute atomic E-state index is 0. The molecule has 1 amide bonds. The first-order valence-corrected chi connectivity index (χ1v) is 8.77. The summed E-state index contributed by atoms with van der Waals surface area (Å²) in [5.41, 5.74) is -0.00435. The molecule has 0 atom stereocenters. The summed E-state index contributed by atoms with van der Waals surface area (Å²) in [6, 6.07) is 0. The van der Waals surface area contributed by atoms with E-state index in [1.54, 1.807) is 19.0 Å². The van der Waals surface area contributed by atoms with Crippen LogP contribution < -0.4 is 10.6 Å². The first kappa shape index (κ1) is 24.4. The van der Waals surface area contributed by atoms with E-state index in [1.165, 1.54) is 0 Å². The zero-order chi connectivity index (χ0) is 18.2. The van der Waals surface area contributed by atoms with E-state index < -0.39 is 0 Å². The molecule has 1 saturated heterocycles. The number of nitrogens with one attached hydrogen (secondary N) is 2. The number of ether oxygens (including phenoxy) is 1. The second kappa shape index (κ2) is 11.9. The maximum atomic E-state index is 11.8. The van der Waals surface area contributed by atoms with Gasteiger partial charge in [0.1, 0.15) is 6.54 Å². The third-order valence-electron chi connectivity index (χ3n) is 4.10. The predicted octanol–water partition coefficient (Wildman–Crippen LogP) is 0.995. The second-order valence-corrected chi connectivity index (χ2v) is 7.49. The highest BCUT2D eigenvalue weighted by Crippen LogP contribution is 2.14. The van der Waals surface area contributed by atoms with Crippen molar-refractivity contribution in [3.8, 4) is 0 Å². The predicted molar refractivity (Wildman–Crippen MR) is 114 cm³/mol. The van der Waals surface area contributed by atoms with Crippen LogP contribution in [-0.4, -0.2) is 87.2 Å². The minimum atomic E-state index is -0.00640. The highest BCUT2D eigenvalue weighted by atomic mass is 127. The van der Waals surface area contributed by atoms with Gasteiger partial charge in [-0.05, 0) is 19.8 Å². The largest absolute Gasteiger partial charge is 0.379 e. The summed E-state index contributed by atoms with van der Waals surface area (Å²) in [5.74, 6) is 1.20. The summed E-state index contributed by atoms with van der Waals surface area (Å²) >= 11 is 0. The zero-order valence-corrected chi connectivity index (χ0v) is 18.9. The number of hydrogen-bond acceptors (Lipinski definition) is 4. The van der Waals surface area contributed by atoms with Crippen molar-refractivity contribution in [1.29, 1.82) is 0 Å². The summed E-state index contributed by atoms with van der Waals surface area (Å²) in [5, 5.41) is 6.71. The number of rotatable bonds is 7. The van der Waals surface area contributed by atoms with Gasteiger partial charge in [0.15, 0.2) is 5.96 Å². The molecule has 0 spiro atoms. The molecule has 7 nitrogen and oxygen atoms in total. The molecule has 1 aliphatic heterocycles. The number of aliphatic imine (C=N–C) groups is 1. The molecule has 2 N–H and O–H groups in total. The zero-order valence-electron chi connectivity index (χ0n) is 16.6. The summed E-state index contributed by atoms with van der Waals surface area (Å²) in [4.78, 5) is 20.2. The van der Waals surface area contributed by atoms with E-state index in [0.717, 1.165) is 39.4 Å². The lowest BCUT2D eigenvalue weighted by molar-refractivity contribution is -0.127. The highest BCUT2D eigenvalue weighted by Gasteiger charge is 2.28. The Morgan fingerprint density at radius 1 is 1.24 bits per heavy atom. The molecule has 1 fully saturated rings. The van der Waals surface area contributed by atoms with Gasteiger partial charge in [-0.25, -0.2) is 4.99 Å². The van der Waals surface area contributed by atoms with E-state index in [0.29, 0.717) is 11.9 Å². The van der Waals surface area contributed by atoms with Crippen molar-refractivity contribution in [3.63, 3.8) is 0 Å². The fraction of sp³-hybridized carbons (Fsp3) is 0.882. The average Bonchev–Trinajstić information content (AvgIpc) is 2.54. The minimum Gasteiger partial charge on any atom is -0.379 e. The van der Waals surface area contributed by atoms with E-state index in [4.69, 9.17) is 4.74 Å². The van der Waals surface area contributed by atoms with Gasteiger partial charge >= 0.3 is 0 Å². The van der Waals surface area contributed by atoms with Crippen molar-refractivity contribution in [2.45, 2.75) is 33.2 Å². The Morgan fingerprint density at radius 2 is 1.84 bits per heavy atom. The summed E-state index contributed by atoms with van der Waals surface area (Å²) < 4.78 is 5.43. The van der Waals surface area contributed by atoms with Gasteiger partial charge in [-0.3, -0.25) is 9.69 Å². The quantitative estimate of drug-likeness (QED) is 0.331. The Morgan fingerprint density at radius 3 is 2.36 bits per heavy atom.